The Morgan fingerprint density at radius 1 is 0.234 bits per heavy atom. The van der Waals surface area contributed by atoms with Crippen molar-refractivity contribution in [3.05, 3.63) is 236 Å². The summed E-state index contributed by atoms with van der Waals surface area (Å²) in [7, 11) is 0. The van der Waals surface area contributed by atoms with Gasteiger partial charge in [0.2, 0.25) is 0 Å². The molecule has 0 saturated carbocycles. The largest absolute Gasteiger partial charge is 0.263 e. The van der Waals surface area contributed by atoms with Crippen molar-refractivity contribution in [2.24, 2.45) is 4.99 Å². The smallest absolute Gasteiger partial charge is 0.164 e. The summed E-state index contributed by atoms with van der Waals surface area (Å²) >= 11 is 0. The number of allylic oxidation sites excluding steroid dienone is 1. The van der Waals surface area contributed by atoms with E-state index in [4.69, 9.17) is 19.9 Å². The molecule has 0 bridgehead atoms. The van der Waals surface area contributed by atoms with Crippen molar-refractivity contribution < 1.29 is 0 Å². The standard InChI is InChI=1S/C59H39N5/c1-4-17-42(18-5-1)49-25-11-14-29-53(49)58-62-57(63-59(64-58)54-30-15-12-26-50(54)43-19-6-2-7-20-43)46-24-16-23-45(35-46)51-27-10-13-28-52(51)56-37-47(36-55(61-56)44-21-8-3-9-22-44)40-31-33-41(34-32-40)48-38-60-39-48/h1-39H. The lowest BCUT2D eigenvalue weighted by atomic mass is 9.93. The first-order chi connectivity index (χ1) is 31.7. The minimum Gasteiger partial charge on any atom is -0.263 e. The summed E-state index contributed by atoms with van der Waals surface area (Å²) in [5.41, 5.74) is 17.5. The molecule has 300 valence electrons. The maximum atomic E-state index is 5.33. The molecule has 0 radical (unpaired) electrons. The highest BCUT2D eigenvalue weighted by atomic mass is 15.0. The molecule has 0 atom stereocenters. The van der Waals surface area contributed by atoms with Gasteiger partial charge in [0.05, 0.1) is 11.4 Å². The summed E-state index contributed by atoms with van der Waals surface area (Å²) in [5, 5.41) is 0. The highest BCUT2D eigenvalue weighted by molar-refractivity contribution is 6.14. The monoisotopic (exact) mass is 817 g/mol. The molecule has 0 aliphatic carbocycles. The van der Waals surface area contributed by atoms with Gasteiger partial charge >= 0.3 is 0 Å². The van der Waals surface area contributed by atoms with Crippen molar-refractivity contribution >= 4 is 11.8 Å². The Morgan fingerprint density at radius 2 is 0.656 bits per heavy atom. The van der Waals surface area contributed by atoms with Gasteiger partial charge in [-0.25, -0.2) is 19.9 Å². The van der Waals surface area contributed by atoms with Gasteiger partial charge in [-0.3, -0.25) is 4.99 Å². The second-order valence-electron chi connectivity index (χ2n) is 15.7. The fourth-order valence-corrected chi connectivity index (χ4v) is 8.37. The Labute approximate surface area is 372 Å². The van der Waals surface area contributed by atoms with Crippen LogP contribution in [0.4, 0.5) is 0 Å². The van der Waals surface area contributed by atoms with Crippen LogP contribution in [0.15, 0.2) is 236 Å². The van der Waals surface area contributed by atoms with Crippen LogP contribution in [0.2, 0.25) is 0 Å². The second-order valence-corrected chi connectivity index (χ2v) is 15.7. The first-order valence-corrected chi connectivity index (χ1v) is 21.4. The van der Waals surface area contributed by atoms with E-state index in [9.17, 15) is 0 Å². The molecule has 10 aromatic rings. The molecule has 2 aromatic heterocycles. The number of hydrogen-bond acceptors (Lipinski definition) is 5. The molecule has 0 N–H and O–H groups in total. The van der Waals surface area contributed by atoms with Crippen molar-refractivity contribution in [2.75, 3.05) is 0 Å². The van der Waals surface area contributed by atoms with Crippen LogP contribution >= 0.6 is 0 Å². The van der Waals surface area contributed by atoms with Crippen LogP contribution in [-0.2, 0) is 0 Å². The number of hydrogen-bond donors (Lipinski definition) is 0. The average Bonchev–Trinajstić information content (AvgIpc) is 3.36. The molecule has 0 fully saturated rings. The number of aromatic nitrogens is 4. The van der Waals surface area contributed by atoms with Crippen LogP contribution in [0.3, 0.4) is 0 Å². The molecule has 0 spiro atoms. The van der Waals surface area contributed by atoms with E-state index in [1.54, 1.807) is 0 Å². The van der Waals surface area contributed by atoms with Gasteiger partial charge in [-0.05, 0) is 68.3 Å². The van der Waals surface area contributed by atoms with Gasteiger partial charge in [-0.15, -0.1) is 0 Å². The van der Waals surface area contributed by atoms with Gasteiger partial charge < -0.3 is 0 Å². The van der Waals surface area contributed by atoms with Gasteiger partial charge in [0.25, 0.3) is 0 Å². The molecule has 0 saturated heterocycles. The summed E-state index contributed by atoms with van der Waals surface area (Å²) in [6, 6.07) is 78.0. The highest BCUT2D eigenvalue weighted by Gasteiger charge is 2.19. The van der Waals surface area contributed by atoms with Gasteiger partial charge in [0, 0.05) is 45.8 Å². The van der Waals surface area contributed by atoms with E-state index in [2.05, 4.69) is 199 Å². The molecule has 0 amide bonds. The van der Waals surface area contributed by atoms with Crippen molar-refractivity contribution in [2.45, 2.75) is 0 Å². The highest BCUT2D eigenvalue weighted by Crippen LogP contribution is 2.39. The molecule has 3 heterocycles. The normalized spacial score (nSPS) is 11.8. The van der Waals surface area contributed by atoms with Crippen LogP contribution in [-0.4, -0.2) is 26.2 Å². The summed E-state index contributed by atoms with van der Waals surface area (Å²) in [6.45, 7) is 0. The summed E-state index contributed by atoms with van der Waals surface area (Å²) < 4.78 is 0. The van der Waals surface area contributed by atoms with Crippen LogP contribution in [0.1, 0.15) is 5.56 Å². The maximum absolute atomic E-state index is 5.33. The fourth-order valence-electron chi connectivity index (χ4n) is 8.37. The Balaban J connectivity index is 1.05. The maximum Gasteiger partial charge on any atom is 0.164 e. The Hall–Kier alpha value is -8.67. The molecule has 5 nitrogen and oxygen atoms in total. The molecule has 1 aliphatic rings. The molecule has 64 heavy (non-hydrogen) atoms. The summed E-state index contributed by atoms with van der Waals surface area (Å²) in [6.07, 6.45) is 3.79. The average molecular weight is 818 g/mol. The predicted molar refractivity (Wildman–Crippen MR) is 263 cm³/mol. The van der Waals surface area contributed by atoms with E-state index in [1.165, 1.54) is 0 Å². The predicted octanol–water partition coefficient (Wildman–Crippen LogP) is 14.7. The van der Waals surface area contributed by atoms with Crippen molar-refractivity contribution in [3.8, 4) is 101 Å². The lowest BCUT2D eigenvalue weighted by Gasteiger charge is -2.15. The van der Waals surface area contributed by atoms with Crippen LogP contribution in [0.5, 0.6) is 0 Å². The van der Waals surface area contributed by atoms with Crippen LogP contribution in [0.25, 0.3) is 107 Å². The SMILES string of the molecule is C1=NC=C1c1ccc(-c2cc(-c3ccccc3)nc(-c3ccccc3-c3cccc(-c4nc(-c5ccccc5-c5ccccc5)nc(-c5ccccc5-c5ccccc5)n4)c3)c2)cc1. The molecule has 0 unspecified atom stereocenters. The van der Waals surface area contributed by atoms with Gasteiger partial charge in [0.1, 0.15) is 0 Å². The van der Waals surface area contributed by atoms with Crippen molar-refractivity contribution in [1.82, 2.24) is 19.9 Å². The van der Waals surface area contributed by atoms with E-state index in [0.29, 0.717) is 17.5 Å². The zero-order valence-electron chi connectivity index (χ0n) is 34.8. The molecule has 11 rings (SSSR count). The third-order valence-electron chi connectivity index (χ3n) is 11.6. The van der Waals surface area contributed by atoms with Gasteiger partial charge in [-0.1, -0.05) is 206 Å². The Bertz CT molecular complexity index is 3260. The van der Waals surface area contributed by atoms with E-state index in [1.807, 2.05) is 42.7 Å². The number of rotatable bonds is 10. The lowest BCUT2D eigenvalue weighted by Crippen LogP contribution is -2.02. The van der Waals surface area contributed by atoms with Crippen LogP contribution < -0.4 is 0 Å². The molecule has 5 heteroatoms. The minimum absolute atomic E-state index is 0.587. The summed E-state index contributed by atoms with van der Waals surface area (Å²) in [4.78, 5) is 25.3. The Kier molecular flexibility index (Phi) is 10.2. The molecule has 8 aromatic carbocycles. The van der Waals surface area contributed by atoms with Crippen LogP contribution in [0, 0.1) is 0 Å². The first-order valence-electron chi connectivity index (χ1n) is 21.4. The number of benzene rings is 8. The van der Waals surface area contributed by atoms with Gasteiger partial charge in [0.15, 0.2) is 17.5 Å². The zero-order valence-corrected chi connectivity index (χ0v) is 34.8. The topological polar surface area (TPSA) is 63.9 Å². The third-order valence-corrected chi connectivity index (χ3v) is 11.6. The lowest BCUT2D eigenvalue weighted by molar-refractivity contribution is 1.07. The number of aliphatic imine (C=N–C) groups is 1. The Morgan fingerprint density at radius 3 is 1.20 bits per heavy atom. The minimum atomic E-state index is 0.587. The van der Waals surface area contributed by atoms with Crippen molar-refractivity contribution in [1.29, 1.82) is 0 Å². The fraction of sp³-hybridized carbons (Fsp3) is 0. The first kappa shape index (κ1) is 38.3. The van der Waals surface area contributed by atoms with E-state index in [0.717, 1.165) is 94.8 Å². The third kappa shape index (κ3) is 7.63. The van der Waals surface area contributed by atoms with E-state index < -0.39 is 0 Å². The zero-order chi connectivity index (χ0) is 42.7. The second kappa shape index (κ2) is 17.0. The summed E-state index contributed by atoms with van der Waals surface area (Å²) in [5.74, 6) is 1.80. The quantitative estimate of drug-likeness (QED) is 0.138. The van der Waals surface area contributed by atoms with Crippen molar-refractivity contribution in [3.63, 3.8) is 0 Å². The molecule has 1 aliphatic heterocycles. The number of pyridine rings is 1. The van der Waals surface area contributed by atoms with E-state index >= 15 is 0 Å². The van der Waals surface area contributed by atoms with E-state index in [-0.39, 0.29) is 0 Å². The molecular formula is C59H39N5. The molecular weight excluding hydrogens is 779 g/mol. The number of nitrogens with zero attached hydrogens (tertiary/aromatic N) is 5. The van der Waals surface area contributed by atoms with Gasteiger partial charge in [-0.2, -0.15) is 0 Å².